The Morgan fingerprint density at radius 3 is 2.30 bits per heavy atom. The normalized spacial score (nSPS) is 18.1. The smallest absolute Gasteiger partial charge is 0.290 e. The van der Waals surface area contributed by atoms with E-state index in [1.54, 1.807) is 11.0 Å². The Kier molecular flexibility index (Phi) is 9.06. The molecule has 1 fully saturated rings. The monoisotopic (exact) mass is 538 g/mol. The summed E-state index contributed by atoms with van der Waals surface area (Å²) in [5, 5.41) is 10.9. The van der Waals surface area contributed by atoms with E-state index in [-0.39, 0.29) is 11.4 Å². The Bertz CT molecular complexity index is 1350. The van der Waals surface area contributed by atoms with Gasteiger partial charge < -0.3 is 19.5 Å². The number of aliphatic hydroxyl groups excluding tert-OH is 1. The molecule has 0 saturated carbocycles. The molecule has 1 N–H and O–H groups in total. The number of rotatable bonds is 11. The first-order valence-electron chi connectivity index (χ1n) is 13.7. The maximum Gasteiger partial charge on any atom is 0.290 e. The average Bonchev–Trinajstić information content (AvgIpc) is 3.26. The Morgan fingerprint density at radius 2 is 1.60 bits per heavy atom. The van der Waals surface area contributed by atoms with Crippen LogP contribution in [0.25, 0.3) is 6.08 Å². The van der Waals surface area contributed by atoms with Gasteiger partial charge in [0, 0.05) is 26.2 Å². The van der Waals surface area contributed by atoms with Crippen LogP contribution in [0.4, 0.5) is 0 Å². The zero-order chi connectivity index (χ0) is 27.7. The molecule has 3 aromatic rings. The zero-order valence-electron chi connectivity index (χ0n) is 22.4. The van der Waals surface area contributed by atoms with Crippen LogP contribution in [0, 0.1) is 0 Å². The lowest BCUT2D eigenvalue weighted by Crippen LogP contribution is -2.39. The Hall–Kier alpha value is -4.20. The molecule has 2 aliphatic heterocycles. The predicted octanol–water partition coefficient (Wildman–Crippen LogP) is 4.97. The first-order valence-corrected chi connectivity index (χ1v) is 13.7. The van der Waals surface area contributed by atoms with Crippen LogP contribution in [0.5, 0.6) is 5.75 Å². The summed E-state index contributed by atoms with van der Waals surface area (Å²) in [5.41, 5.74) is 2.76. The molecule has 7 heteroatoms. The molecule has 5 rings (SSSR count). The van der Waals surface area contributed by atoms with Crippen LogP contribution in [0.15, 0.2) is 102 Å². The fourth-order valence-corrected chi connectivity index (χ4v) is 5.09. The minimum atomic E-state index is -0.687. The van der Waals surface area contributed by atoms with Crippen LogP contribution in [0.3, 0.4) is 0 Å². The van der Waals surface area contributed by atoms with Gasteiger partial charge in [0.15, 0.2) is 11.5 Å². The molecule has 206 valence electrons. The summed E-state index contributed by atoms with van der Waals surface area (Å²) >= 11 is 0. The summed E-state index contributed by atoms with van der Waals surface area (Å²) in [7, 11) is 0. The molecule has 3 aromatic carbocycles. The van der Waals surface area contributed by atoms with E-state index >= 15 is 0 Å². The van der Waals surface area contributed by atoms with E-state index in [0.29, 0.717) is 32.1 Å². The molecule has 0 radical (unpaired) electrons. The van der Waals surface area contributed by atoms with Gasteiger partial charge in [0.1, 0.15) is 12.4 Å². The second-order valence-electron chi connectivity index (χ2n) is 9.92. The molecule has 1 unspecified atom stereocenters. The van der Waals surface area contributed by atoms with Crippen molar-refractivity contribution in [2.75, 3.05) is 39.4 Å². The van der Waals surface area contributed by atoms with E-state index in [2.05, 4.69) is 4.90 Å². The SMILES string of the molecule is O=C(/C=C/c1ccccc1)C1=C(O)C(=O)N(CCCN2CCOCC2)C1c1ccc(OCc2ccccc2)cc1. The van der Waals surface area contributed by atoms with Crippen molar-refractivity contribution in [3.63, 3.8) is 0 Å². The molecular weight excluding hydrogens is 504 g/mol. The lowest BCUT2D eigenvalue weighted by Gasteiger charge is -2.30. The van der Waals surface area contributed by atoms with Gasteiger partial charge in [-0.25, -0.2) is 0 Å². The van der Waals surface area contributed by atoms with Gasteiger partial charge in [0.05, 0.1) is 24.8 Å². The molecule has 7 nitrogen and oxygen atoms in total. The van der Waals surface area contributed by atoms with E-state index in [1.165, 1.54) is 6.08 Å². The number of hydrogen-bond donors (Lipinski definition) is 1. The number of morpholine rings is 1. The van der Waals surface area contributed by atoms with Crippen LogP contribution in [0.1, 0.15) is 29.2 Å². The second kappa shape index (κ2) is 13.2. The van der Waals surface area contributed by atoms with E-state index < -0.39 is 17.7 Å². The highest BCUT2D eigenvalue weighted by molar-refractivity contribution is 6.14. The summed E-state index contributed by atoms with van der Waals surface area (Å²) in [4.78, 5) is 30.6. The Labute approximate surface area is 234 Å². The molecule has 1 atom stereocenters. The van der Waals surface area contributed by atoms with Gasteiger partial charge in [-0.05, 0) is 41.3 Å². The summed E-state index contributed by atoms with van der Waals surface area (Å²) in [6.45, 7) is 4.79. The fraction of sp³-hybridized carbons (Fsp3) is 0.273. The van der Waals surface area contributed by atoms with Gasteiger partial charge in [0.25, 0.3) is 5.91 Å². The third-order valence-corrected chi connectivity index (χ3v) is 7.22. The van der Waals surface area contributed by atoms with Crippen molar-refractivity contribution in [2.24, 2.45) is 0 Å². The standard InChI is InChI=1S/C33H34N2O5/c36-29(17-12-25-8-3-1-4-9-25)30-31(27-13-15-28(16-14-27)40-24-26-10-5-2-6-11-26)35(33(38)32(30)37)19-7-18-34-20-22-39-23-21-34/h1-6,8-17,31,37H,7,18-24H2/b17-12+. The molecule has 0 aliphatic carbocycles. The zero-order valence-corrected chi connectivity index (χ0v) is 22.4. The van der Waals surface area contributed by atoms with Crippen molar-refractivity contribution < 1.29 is 24.2 Å². The van der Waals surface area contributed by atoms with E-state index in [9.17, 15) is 14.7 Å². The topological polar surface area (TPSA) is 79.3 Å². The molecule has 0 spiro atoms. The van der Waals surface area contributed by atoms with Gasteiger partial charge in [-0.1, -0.05) is 78.9 Å². The minimum Gasteiger partial charge on any atom is -0.503 e. The van der Waals surface area contributed by atoms with Crippen LogP contribution in [-0.4, -0.2) is 66.0 Å². The Balaban J connectivity index is 1.35. The van der Waals surface area contributed by atoms with Gasteiger partial charge >= 0.3 is 0 Å². The number of benzene rings is 3. The van der Waals surface area contributed by atoms with Crippen molar-refractivity contribution in [2.45, 2.75) is 19.1 Å². The van der Waals surface area contributed by atoms with Gasteiger partial charge in [-0.2, -0.15) is 0 Å². The van der Waals surface area contributed by atoms with Gasteiger partial charge in [0.2, 0.25) is 0 Å². The van der Waals surface area contributed by atoms with Crippen LogP contribution < -0.4 is 4.74 Å². The summed E-state index contributed by atoms with van der Waals surface area (Å²) in [6.07, 6.45) is 3.84. The molecule has 0 aromatic heterocycles. The third-order valence-electron chi connectivity index (χ3n) is 7.22. The van der Waals surface area contributed by atoms with Gasteiger partial charge in [-0.15, -0.1) is 0 Å². The van der Waals surface area contributed by atoms with Crippen molar-refractivity contribution >= 4 is 17.8 Å². The van der Waals surface area contributed by atoms with E-state index in [0.717, 1.165) is 42.7 Å². The van der Waals surface area contributed by atoms with Gasteiger partial charge in [-0.3, -0.25) is 14.5 Å². The number of nitrogens with zero attached hydrogens (tertiary/aromatic N) is 2. The van der Waals surface area contributed by atoms with Crippen LogP contribution >= 0.6 is 0 Å². The number of allylic oxidation sites excluding steroid dienone is 1. The number of ketones is 1. The van der Waals surface area contributed by atoms with Crippen molar-refractivity contribution in [3.05, 3.63) is 119 Å². The van der Waals surface area contributed by atoms with Crippen LogP contribution in [0.2, 0.25) is 0 Å². The van der Waals surface area contributed by atoms with Crippen LogP contribution in [-0.2, 0) is 20.9 Å². The number of amides is 1. The molecule has 0 bridgehead atoms. The maximum absolute atomic E-state index is 13.4. The van der Waals surface area contributed by atoms with Crippen molar-refractivity contribution in [3.8, 4) is 5.75 Å². The quantitative estimate of drug-likeness (QED) is 0.348. The lowest BCUT2D eigenvalue weighted by atomic mass is 9.95. The number of ether oxygens (including phenoxy) is 2. The van der Waals surface area contributed by atoms with E-state index in [4.69, 9.17) is 9.47 Å². The third kappa shape index (κ3) is 6.68. The number of carbonyl (C=O) groups excluding carboxylic acids is 2. The maximum atomic E-state index is 13.4. The van der Waals surface area contributed by atoms with Crippen molar-refractivity contribution in [1.82, 2.24) is 9.80 Å². The Morgan fingerprint density at radius 1 is 0.925 bits per heavy atom. The average molecular weight is 539 g/mol. The number of hydrogen-bond acceptors (Lipinski definition) is 6. The highest BCUT2D eigenvalue weighted by atomic mass is 16.5. The van der Waals surface area contributed by atoms with E-state index in [1.807, 2.05) is 84.9 Å². The summed E-state index contributed by atoms with van der Waals surface area (Å²) in [5.74, 6) is -0.711. The molecular formula is C33H34N2O5. The first-order chi connectivity index (χ1) is 19.6. The summed E-state index contributed by atoms with van der Waals surface area (Å²) < 4.78 is 11.4. The molecule has 2 heterocycles. The number of carbonyl (C=O) groups is 2. The molecule has 40 heavy (non-hydrogen) atoms. The summed E-state index contributed by atoms with van der Waals surface area (Å²) in [6, 6.07) is 26.1. The first kappa shape index (κ1) is 27.4. The number of aliphatic hydroxyl groups is 1. The largest absolute Gasteiger partial charge is 0.503 e. The second-order valence-corrected chi connectivity index (χ2v) is 9.92. The fourth-order valence-electron chi connectivity index (χ4n) is 5.09. The molecule has 2 aliphatic rings. The highest BCUT2D eigenvalue weighted by Gasteiger charge is 2.42. The van der Waals surface area contributed by atoms with Crippen molar-refractivity contribution in [1.29, 1.82) is 0 Å². The predicted molar refractivity (Wildman–Crippen MR) is 154 cm³/mol. The minimum absolute atomic E-state index is 0.0986. The molecule has 1 saturated heterocycles. The highest BCUT2D eigenvalue weighted by Crippen LogP contribution is 2.38. The lowest BCUT2D eigenvalue weighted by molar-refractivity contribution is -0.129. The molecule has 1 amide bonds.